The Labute approximate surface area is 93.3 Å². The molecule has 1 aromatic heterocycles. The Morgan fingerprint density at radius 1 is 1.81 bits per heavy atom. The zero-order valence-corrected chi connectivity index (χ0v) is 9.18. The van der Waals surface area contributed by atoms with Crippen LogP contribution in [0.3, 0.4) is 0 Å². The maximum absolute atomic E-state index is 11.6. The maximum Gasteiger partial charge on any atom is 0.361 e. The molecule has 6 heteroatoms. The topological polar surface area (TPSA) is 79.4 Å². The monoisotopic (exact) mass is 225 g/mol. The van der Waals surface area contributed by atoms with Gasteiger partial charge in [-0.2, -0.15) is 5.10 Å². The third-order valence-corrected chi connectivity index (χ3v) is 2.52. The lowest BCUT2D eigenvalue weighted by atomic mass is 10.1. The number of rotatable bonds is 3. The lowest BCUT2D eigenvalue weighted by Gasteiger charge is -2.07. The van der Waals surface area contributed by atoms with Gasteiger partial charge in [0.2, 0.25) is 0 Å². The number of nitrogens with zero attached hydrogens (tertiary/aromatic N) is 2. The largest absolute Gasteiger partial charge is 0.460 e. The van der Waals surface area contributed by atoms with Crippen molar-refractivity contribution >= 4 is 11.7 Å². The number of carbonyl (C=O) groups is 1. The number of hydrogen-bond donors (Lipinski definition) is 1. The van der Waals surface area contributed by atoms with Crippen LogP contribution >= 0.6 is 0 Å². The number of ether oxygens (including phenoxy) is 2. The van der Waals surface area contributed by atoms with Gasteiger partial charge < -0.3 is 15.2 Å². The minimum Gasteiger partial charge on any atom is -0.460 e. The van der Waals surface area contributed by atoms with Crippen molar-refractivity contribution in [1.82, 2.24) is 9.78 Å². The highest BCUT2D eigenvalue weighted by Gasteiger charge is 2.20. The van der Waals surface area contributed by atoms with Gasteiger partial charge in [-0.3, -0.25) is 4.68 Å². The van der Waals surface area contributed by atoms with Crippen LogP contribution in [-0.2, 0) is 16.5 Å². The number of anilines is 1. The van der Waals surface area contributed by atoms with Crippen molar-refractivity contribution in [2.75, 3.05) is 25.6 Å². The van der Waals surface area contributed by atoms with E-state index in [1.54, 1.807) is 13.2 Å². The summed E-state index contributed by atoms with van der Waals surface area (Å²) in [6.07, 6.45) is 2.51. The van der Waals surface area contributed by atoms with Crippen LogP contribution in [0.4, 0.5) is 5.69 Å². The number of aryl methyl sites for hydroxylation is 1. The van der Waals surface area contributed by atoms with Crippen LogP contribution in [-0.4, -0.2) is 35.6 Å². The van der Waals surface area contributed by atoms with Crippen molar-refractivity contribution in [1.29, 1.82) is 0 Å². The maximum atomic E-state index is 11.6. The number of hydrogen-bond acceptors (Lipinski definition) is 5. The van der Waals surface area contributed by atoms with E-state index in [-0.39, 0.29) is 5.69 Å². The lowest BCUT2D eigenvalue weighted by Crippen LogP contribution is -2.15. The predicted molar refractivity (Wildman–Crippen MR) is 56.8 cm³/mol. The Morgan fingerprint density at radius 3 is 3.19 bits per heavy atom. The fourth-order valence-corrected chi connectivity index (χ4v) is 1.64. The van der Waals surface area contributed by atoms with Gasteiger partial charge in [0.15, 0.2) is 5.69 Å². The molecule has 1 fully saturated rings. The highest BCUT2D eigenvalue weighted by molar-refractivity contribution is 5.92. The van der Waals surface area contributed by atoms with E-state index in [4.69, 9.17) is 15.2 Å². The number of nitrogens with two attached hydrogens (primary N) is 1. The normalized spacial score (nSPS) is 19.9. The fourth-order valence-electron chi connectivity index (χ4n) is 1.64. The van der Waals surface area contributed by atoms with Crippen LogP contribution in [0, 0.1) is 5.92 Å². The van der Waals surface area contributed by atoms with Gasteiger partial charge in [-0.05, 0) is 6.42 Å². The van der Waals surface area contributed by atoms with Crippen LogP contribution in [0.25, 0.3) is 0 Å². The molecule has 2 N–H and O–H groups in total. The van der Waals surface area contributed by atoms with Gasteiger partial charge in [-0.1, -0.05) is 0 Å². The predicted octanol–water partition coefficient (Wildman–Crippen LogP) is 0.196. The summed E-state index contributed by atoms with van der Waals surface area (Å²) < 4.78 is 11.8. The van der Waals surface area contributed by atoms with Crippen LogP contribution in [0.5, 0.6) is 0 Å². The molecule has 2 rings (SSSR count). The molecular formula is C10H15N3O3. The lowest BCUT2D eigenvalue weighted by molar-refractivity contribution is 0.0422. The van der Waals surface area contributed by atoms with Crippen molar-refractivity contribution < 1.29 is 14.3 Å². The zero-order chi connectivity index (χ0) is 11.5. The van der Waals surface area contributed by atoms with Gasteiger partial charge >= 0.3 is 5.97 Å². The van der Waals surface area contributed by atoms with E-state index in [2.05, 4.69) is 5.10 Å². The summed E-state index contributed by atoms with van der Waals surface area (Å²) >= 11 is 0. The van der Waals surface area contributed by atoms with E-state index in [0.29, 0.717) is 24.8 Å². The number of esters is 1. The van der Waals surface area contributed by atoms with E-state index < -0.39 is 5.97 Å². The third-order valence-electron chi connectivity index (χ3n) is 2.52. The van der Waals surface area contributed by atoms with Gasteiger partial charge in [0, 0.05) is 25.8 Å². The molecule has 0 bridgehead atoms. The summed E-state index contributed by atoms with van der Waals surface area (Å²) in [7, 11) is 1.71. The van der Waals surface area contributed by atoms with Crippen molar-refractivity contribution in [3.63, 3.8) is 0 Å². The summed E-state index contributed by atoms with van der Waals surface area (Å²) in [6.45, 7) is 1.77. The minimum absolute atomic E-state index is 0.182. The fraction of sp³-hybridized carbons (Fsp3) is 0.600. The Bertz CT molecular complexity index is 383. The first-order valence-corrected chi connectivity index (χ1v) is 5.21. The van der Waals surface area contributed by atoms with Crippen LogP contribution in [0.15, 0.2) is 6.20 Å². The molecule has 1 unspecified atom stereocenters. The van der Waals surface area contributed by atoms with Gasteiger partial charge in [-0.25, -0.2) is 4.79 Å². The second-order valence-corrected chi connectivity index (χ2v) is 3.93. The van der Waals surface area contributed by atoms with Crippen LogP contribution in [0.1, 0.15) is 16.9 Å². The molecule has 0 aromatic carbocycles. The van der Waals surface area contributed by atoms with Crippen molar-refractivity contribution in [3.8, 4) is 0 Å². The molecule has 1 aliphatic heterocycles. The van der Waals surface area contributed by atoms with Crippen molar-refractivity contribution in [2.24, 2.45) is 13.0 Å². The van der Waals surface area contributed by atoms with Crippen molar-refractivity contribution in [3.05, 3.63) is 11.9 Å². The van der Waals surface area contributed by atoms with E-state index in [1.807, 2.05) is 0 Å². The molecule has 0 amide bonds. The molecule has 6 nitrogen and oxygen atoms in total. The minimum atomic E-state index is -0.468. The first kappa shape index (κ1) is 10.9. The smallest absolute Gasteiger partial charge is 0.361 e. The van der Waals surface area contributed by atoms with E-state index >= 15 is 0 Å². The van der Waals surface area contributed by atoms with Gasteiger partial charge in [-0.15, -0.1) is 0 Å². The quantitative estimate of drug-likeness (QED) is 0.743. The average molecular weight is 225 g/mol. The highest BCUT2D eigenvalue weighted by Crippen LogP contribution is 2.14. The highest BCUT2D eigenvalue weighted by atomic mass is 16.5. The summed E-state index contributed by atoms with van der Waals surface area (Å²) in [5.41, 5.74) is 6.14. The van der Waals surface area contributed by atoms with E-state index in [1.165, 1.54) is 4.68 Å². The molecule has 0 radical (unpaired) electrons. The molecule has 1 saturated heterocycles. The van der Waals surface area contributed by atoms with Crippen LogP contribution in [0.2, 0.25) is 0 Å². The molecule has 1 aromatic rings. The molecule has 0 saturated carbocycles. The Kier molecular flexibility index (Phi) is 3.09. The van der Waals surface area contributed by atoms with E-state index in [0.717, 1.165) is 13.0 Å². The standard InChI is InChI=1S/C10H15N3O3/c1-13-4-8(11)9(12-13)10(14)16-6-7-2-3-15-5-7/h4,7H,2-3,5-6,11H2,1H3. The first-order chi connectivity index (χ1) is 7.66. The second kappa shape index (κ2) is 4.52. The van der Waals surface area contributed by atoms with Gasteiger partial charge in [0.05, 0.1) is 18.9 Å². The molecule has 2 heterocycles. The molecule has 1 aliphatic rings. The SMILES string of the molecule is Cn1cc(N)c(C(=O)OCC2CCOC2)n1. The summed E-state index contributed by atoms with van der Waals surface area (Å²) in [5, 5.41) is 3.94. The summed E-state index contributed by atoms with van der Waals surface area (Å²) in [4.78, 5) is 11.6. The Balaban J connectivity index is 1.90. The van der Waals surface area contributed by atoms with Gasteiger partial charge in [0.1, 0.15) is 0 Å². The number of nitrogen functional groups attached to an aromatic ring is 1. The van der Waals surface area contributed by atoms with Crippen LogP contribution < -0.4 is 5.73 Å². The molecule has 88 valence electrons. The number of carbonyl (C=O) groups excluding carboxylic acids is 1. The summed E-state index contributed by atoms with van der Waals surface area (Å²) in [5.74, 6) is -0.168. The second-order valence-electron chi connectivity index (χ2n) is 3.93. The average Bonchev–Trinajstić information content (AvgIpc) is 2.84. The third kappa shape index (κ3) is 2.33. The number of aromatic nitrogens is 2. The molecule has 16 heavy (non-hydrogen) atoms. The molecule has 0 aliphatic carbocycles. The zero-order valence-electron chi connectivity index (χ0n) is 9.18. The van der Waals surface area contributed by atoms with Gasteiger partial charge in [0.25, 0.3) is 0 Å². The van der Waals surface area contributed by atoms with Crippen molar-refractivity contribution in [2.45, 2.75) is 6.42 Å². The molecule has 0 spiro atoms. The first-order valence-electron chi connectivity index (χ1n) is 5.21. The molecular weight excluding hydrogens is 210 g/mol. The Hall–Kier alpha value is -1.56. The Morgan fingerprint density at radius 2 is 2.62 bits per heavy atom. The molecule has 1 atom stereocenters. The summed E-state index contributed by atoms with van der Waals surface area (Å²) in [6, 6.07) is 0. The van der Waals surface area contributed by atoms with E-state index in [9.17, 15) is 4.79 Å².